The number of aliphatic carboxylic acids is 1. The molecule has 0 saturated carbocycles. The van der Waals surface area contributed by atoms with E-state index < -0.39 is 42.3 Å². The van der Waals surface area contributed by atoms with Gasteiger partial charge in [0.15, 0.2) is 0 Å². The number of piperazine rings is 1. The van der Waals surface area contributed by atoms with Gasteiger partial charge in [-0.15, -0.1) is 0 Å². The molecular weight excluding hydrogens is 644 g/mol. The third-order valence-electron chi connectivity index (χ3n) is 8.25. The molecule has 1 aliphatic rings. The second kappa shape index (κ2) is 16.7. The Morgan fingerprint density at radius 1 is 0.860 bits per heavy atom. The first-order valence-electron chi connectivity index (χ1n) is 15.8. The molecule has 0 radical (unpaired) electrons. The Balaban J connectivity index is 1.53. The molecule has 0 spiro atoms. The van der Waals surface area contributed by atoms with Gasteiger partial charge in [-0.3, -0.25) is 34.8 Å². The minimum atomic E-state index is -1.19. The molecule has 1 saturated heterocycles. The molecule has 2 atom stereocenters. The van der Waals surface area contributed by atoms with Gasteiger partial charge in [-0.05, 0) is 54.8 Å². The van der Waals surface area contributed by atoms with Crippen LogP contribution in [0.4, 0.5) is 0 Å². The smallest absolute Gasteiger partial charge is 0.323 e. The standard InChI is InChI=1S/C35H40N8O7/c1-50-26-14-4-21(5-15-26)19-27(41-33(47)25-12-8-23(9-13-25)31(38)39)34(48)43-18-17-42(20-29(44)45)35(49)28(43)3-2-16-40-32(46)24-10-6-22(7-11-24)30(36)37/h4-15,27-28H,2-3,16-20H2,1H3,(H3,36,37)(H3,38,39)(H,40,46)(H,41,47)(H,44,45)/t27-,28-/m0/s1. The summed E-state index contributed by atoms with van der Waals surface area (Å²) in [6.07, 6.45) is 0.463. The van der Waals surface area contributed by atoms with Crippen molar-refractivity contribution in [3.05, 3.63) is 101 Å². The number of amides is 4. The van der Waals surface area contributed by atoms with Crippen LogP contribution in [0.1, 0.15) is 50.2 Å². The largest absolute Gasteiger partial charge is 0.497 e. The van der Waals surface area contributed by atoms with Gasteiger partial charge in [0.05, 0.1) is 7.11 Å². The van der Waals surface area contributed by atoms with Crippen LogP contribution in [0.2, 0.25) is 0 Å². The van der Waals surface area contributed by atoms with Crippen molar-refractivity contribution in [2.75, 3.05) is 33.3 Å². The number of carbonyl (C=O) groups is 5. The van der Waals surface area contributed by atoms with Crippen molar-refractivity contribution in [2.24, 2.45) is 11.5 Å². The normalized spacial score (nSPS) is 14.7. The molecule has 0 unspecified atom stereocenters. The van der Waals surface area contributed by atoms with E-state index in [-0.39, 0.29) is 62.0 Å². The van der Waals surface area contributed by atoms with Crippen molar-refractivity contribution < 1.29 is 33.8 Å². The fraction of sp³-hybridized carbons (Fsp3) is 0.286. The fourth-order valence-corrected chi connectivity index (χ4v) is 5.54. The van der Waals surface area contributed by atoms with Gasteiger partial charge in [0.25, 0.3) is 11.8 Å². The number of carboxylic acids is 1. The van der Waals surface area contributed by atoms with E-state index in [0.29, 0.717) is 28.0 Å². The van der Waals surface area contributed by atoms with Crippen molar-refractivity contribution in [3.63, 3.8) is 0 Å². The second-order valence-corrected chi connectivity index (χ2v) is 11.7. The summed E-state index contributed by atoms with van der Waals surface area (Å²) in [6, 6.07) is 17.0. The number of nitrogens with one attached hydrogen (secondary N) is 4. The van der Waals surface area contributed by atoms with E-state index >= 15 is 0 Å². The zero-order valence-corrected chi connectivity index (χ0v) is 27.5. The predicted molar refractivity (Wildman–Crippen MR) is 184 cm³/mol. The molecule has 9 N–H and O–H groups in total. The van der Waals surface area contributed by atoms with Gasteiger partial charge in [0.2, 0.25) is 11.8 Å². The van der Waals surface area contributed by atoms with Gasteiger partial charge >= 0.3 is 5.97 Å². The number of methoxy groups -OCH3 is 1. The van der Waals surface area contributed by atoms with Gasteiger partial charge < -0.3 is 41.7 Å². The minimum Gasteiger partial charge on any atom is -0.497 e. The van der Waals surface area contributed by atoms with E-state index in [1.165, 1.54) is 53.3 Å². The highest BCUT2D eigenvalue weighted by Crippen LogP contribution is 2.20. The number of nitrogens with two attached hydrogens (primary N) is 2. The lowest BCUT2D eigenvalue weighted by Crippen LogP contribution is -2.63. The lowest BCUT2D eigenvalue weighted by molar-refractivity contribution is -0.156. The summed E-state index contributed by atoms with van der Waals surface area (Å²) in [7, 11) is 1.53. The Labute approximate surface area is 288 Å². The summed E-state index contributed by atoms with van der Waals surface area (Å²) < 4.78 is 5.24. The third kappa shape index (κ3) is 9.43. The lowest BCUT2D eigenvalue weighted by Gasteiger charge is -2.41. The molecule has 262 valence electrons. The number of hydrogen-bond donors (Lipinski definition) is 7. The molecule has 1 fully saturated rings. The topological polar surface area (TPSA) is 245 Å². The Morgan fingerprint density at radius 2 is 1.40 bits per heavy atom. The van der Waals surface area contributed by atoms with E-state index in [2.05, 4.69) is 10.6 Å². The van der Waals surface area contributed by atoms with E-state index in [1.807, 2.05) is 0 Å². The minimum absolute atomic E-state index is 0.0178. The van der Waals surface area contributed by atoms with Crippen molar-refractivity contribution in [1.82, 2.24) is 20.4 Å². The van der Waals surface area contributed by atoms with Crippen LogP contribution in [0.5, 0.6) is 5.75 Å². The van der Waals surface area contributed by atoms with Gasteiger partial charge in [-0.25, -0.2) is 0 Å². The van der Waals surface area contributed by atoms with Gasteiger partial charge in [0.1, 0.15) is 36.0 Å². The van der Waals surface area contributed by atoms with Gasteiger partial charge in [0, 0.05) is 48.3 Å². The summed E-state index contributed by atoms with van der Waals surface area (Å²) in [5, 5.41) is 30.1. The number of nitrogens with zero attached hydrogens (tertiary/aromatic N) is 2. The van der Waals surface area contributed by atoms with Crippen molar-refractivity contribution in [1.29, 1.82) is 10.8 Å². The summed E-state index contributed by atoms with van der Waals surface area (Å²) in [6.45, 7) is -0.372. The van der Waals surface area contributed by atoms with E-state index in [9.17, 15) is 29.1 Å². The molecule has 3 aromatic carbocycles. The molecular formula is C35H40N8O7. The number of ether oxygens (including phenoxy) is 1. The van der Waals surface area contributed by atoms with Crippen LogP contribution in [0.25, 0.3) is 0 Å². The number of carbonyl (C=O) groups excluding carboxylic acids is 4. The van der Waals surface area contributed by atoms with E-state index in [1.54, 1.807) is 36.4 Å². The number of rotatable bonds is 15. The fourth-order valence-electron chi connectivity index (χ4n) is 5.54. The zero-order valence-electron chi connectivity index (χ0n) is 27.5. The average Bonchev–Trinajstić information content (AvgIpc) is 3.10. The quantitative estimate of drug-likeness (QED) is 0.0683. The SMILES string of the molecule is COc1ccc(C[C@H](NC(=O)c2ccc(C(=N)N)cc2)C(=O)N2CCN(CC(=O)O)C(=O)[C@@H]2CCCNC(=O)c2ccc(C(=N)N)cc2)cc1. The Bertz CT molecular complexity index is 1740. The second-order valence-electron chi connectivity index (χ2n) is 11.7. The molecule has 3 aromatic rings. The maximum absolute atomic E-state index is 14.3. The molecule has 4 rings (SSSR count). The number of hydrogen-bond acceptors (Lipinski definition) is 8. The van der Waals surface area contributed by atoms with Crippen molar-refractivity contribution in [2.45, 2.75) is 31.3 Å². The molecule has 4 amide bonds. The number of amidine groups is 2. The molecule has 0 aromatic heterocycles. The molecule has 15 nitrogen and oxygen atoms in total. The average molecular weight is 685 g/mol. The van der Waals surface area contributed by atoms with Crippen LogP contribution in [-0.4, -0.2) is 102 Å². The maximum Gasteiger partial charge on any atom is 0.323 e. The highest BCUT2D eigenvalue weighted by Gasteiger charge is 2.40. The summed E-state index contributed by atoms with van der Waals surface area (Å²) in [5.74, 6) is -2.89. The van der Waals surface area contributed by atoms with Crippen molar-refractivity contribution >= 4 is 41.3 Å². The summed E-state index contributed by atoms with van der Waals surface area (Å²) in [5.41, 5.74) is 13.2. The van der Waals surface area contributed by atoms with E-state index in [0.717, 1.165) is 0 Å². The Kier molecular flexibility index (Phi) is 12.2. The number of benzene rings is 3. The molecule has 0 aliphatic carbocycles. The van der Waals surface area contributed by atoms with Crippen molar-refractivity contribution in [3.8, 4) is 5.75 Å². The number of carboxylic acid groups (broad SMARTS) is 1. The van der Waals surface area contributed by atoms with E-state index in [4.69, 9.17) is 27.0 Å². The lowest BCUT2D eigenvalue weighted by atomic mass is 9.99. The van der Waals surface area contributed by atoms with Crippen LogP contribution in [0.15, 0.2) is 72.8 Å². The first-order chi connectivity index (χ1) is 23.9. The first kappa shape index (κ1) is 36.6. The molecule has 0 bridgehead atoms. The molecule has 15 heteroatoms. The van der Waals surface area contributed by atoms with Crippen LogP contribution < -0.4 is 26.8 Å². The monoisotopic (exact) mass is 684 g/mol. The van der Waals surface area contributed by atoms with Gasteiger partial charge in [-0.2, -0.15) is 0 Å². The molecule has 1 heterocycles. The van der Waals surface area contributed by atoms with Gasteiger partial charge in [-0.1, -0.05) is 36.4 Å². The van der Waals surface area contributed by atoms with Crippen LogP contribution >= 0.6 is 0 Å². The third-order valence-corrected chi connectivity index (χ3v) is 8.25. The zero-order chi connectivity index (χ0) is 36.4. The van der Waals surface area contributed by atoms with Crippen LogP contribution in [0.3, 0.4) is 0 Å². The summed E-state index contributed by atoms with van der Waals surface area (Å²) >= 11 is 0. The molecule has 1 aliphatic heterocycles. The Morgan fingerprint density at radius 3 is 1.92 bits per heavy atom. The Hall–Kier alpha value is -6.25. The van der Waals surface area contributed by atoms with Crippen LogP contribution in [-0.2, 0) is 20.8 Å². The predicted octanol–water partition coefficient (Wildman–Crippen LogP) is 0.939. The maximum atomic E-state index is 14.3. The molecule has 50 heavy (non-hydrogen) atoms. The highest BCUT2D eigenvalue weighted by molar-refractivity contribution is 6.01. The first-order valence-corrected chi connectivity index (χ1v) is 15.8. The van der Waals surface area contributed by atoms with Crippen LogP contribution in [0, 0.1) is 10.8 Å². The summed E-state index contributed by atoms with van der Waals surface area (Å²) in [4.78, 5) is 68.1. The highest BCUT2D eigenvalue weighted by atomic mass is 16.5. The number of nitrogen functional groups attached to an aromatic ring is 2.